The summed E-state index contributed by atoms with van der Waals surface area (Å²) in [5.41, 5.74) is 0.732. The van der Waals surface area contributed by atoms with Crippen molar-refractivity contribution < 1.29 is 5.11 Å². The lowest BCUT2D eigenvalue weighted by Gasteiger charge is -1.99. The molecule has 0 unspecified atom stereocenters. The van der Waals surface area contributed by atoms with Crippen LogP contribution in [0, 0.1) is 0 Å². The molecule has 0 amide bonds. The van der Waals surface area contributed by atoms with E-state index in [1.807, 2.05) is 13.1 Å². The monoisotopic (exact) mass is 256 g/mol. The Bertz CT molecular complexity index is 326. The number of benzene rings is 1. The van der Waals surface area contributed by atoms with Gasteiger partial charge in [0, 0.05) is 22.8 Å². The van der Waals surface area contributed by atoms with Crippen molar-refractivity contribution in [2.75, 3.05) is 20.1 Å². The molecule has 76 valence electrons. The second kappa shape index (κ2) is 5.78. The summed E-state index contributed by atoms with van der Waals surface area (Å²) >= 11 is 3.33. The molecule has 0 aromatic heterocycles. The highest BCUT2D eigenvalue weighted by Crippen LogP contribution is 2.19. The zero-order valence-corrected chi connectivity index (χ0v) is 9.58. The molecule has 4 heteroatoms. The van der Waals surface area contributed by atoms with Crippen molar-refractivity contribution in [2.24, 2.45) is 4.99 Å². The first-order chi connectivity index (χ1) is 6.74. The molecule has 1 aromatic carbocycles. The fraction of sp³-hybridized carbons (Fsp3) is 0.300. The minimum Gasteiger partial charge on any atom is -0.507 e. The Labute approximate surface area is 92.0 Å². The molecule has 0 spiro atoms. The maximum absolute atomic E-state index is 9.46. The lowest BCUT2D eigenvalue weighted by molar-refractivity contribution is 0.474. The molecule has 0 radical (unpaired) electrons. The van der Waals surface area contributed by atoms with E-state index in [2.05, 4.69) is 26.2 Å². The number of nitrogens with one attached hydrogen (secondary N) is 1. The number of phenolic OH excluding ortho intramolecular Hbond substituents is 1. The van der Waals surface area contributed by atoms with Gasteiger partial charge in [0.25, 0.3) is 0 Å². The van der Waals surface area contributed by atoms with Gasteiger partial charge in [-0.05, 0) is 25.2 Å². The van der Waals surface area contributed by atoms with E-state index in [4.69, 9.17) is 0 Å². The van der Waals surface area contributed by atoms with Crippen LogP contribution in [0.25, 0.3) is 0 Å². The summed E-state index contributed by atoms with van der Waals surface area (Å²) in [7, 11) is 1.88. The van der Waals surface area contributed by atoms with Crippen LogP contribution in [0.2, 0.25) is 0 Å². The number of halogens is 1. The van der Waals surface area contributed by atoms with E-state index >= 15 is 0 Å². The maximum Gasteiger partial charge on any atom is 0.124 e. The molecule has 1 rings (SSSR count). The van der Waals surface area contributed by atoms with Gasteiger partial charge in [-0.25, -0.2) is 0 Å². The average Bonchev–Trinajstić information content (AvgIpc) is 2.18. The van der Waals surface area contributed by atoms with E-state index in [9.17, 15) is 5.11 Å². The fourth-order valence-electron chi connectivity index (χ4n) is 0.968. The third-order valence-electron chi connectivity index (χ3n) is 1.71. The third-order valence-corrected chi connectivity index (χ3v) is 2.20. The van der Waals surface area contributed by atoms with Crippen molar-refractivity contribution in [1.29, 1.82) is 0 Å². The highest BCUT2D eigenvalue weighted by Gasteiger charge is 1.97. The summed E-state index contributed by atoms with van der Waals surface area (Å²) in [4.78, 5) is 4.16. The van der Waals surface area contributed by atoms with Crippen LogP contribution in [0.5, 0.6) is 5.75 Å². The molecular formula is C10H13BrN2O. The number of phenols is 1. The summed E-state index contributed by atoms with van der Waals surface area (Å²) < 4.78 is 0.936. The van der Waals surface area contributed by atoms with Crippen LogP contribution in [0.3, 0.4) is 0 Å². The van der Waals surface area contributed by atoms with Gasteiger partial charge in [-0.3, -0.25) is 4.99 Å². The van der Waals surface area contributed by atoms with Crippen LogP contribution in [-0.2, 0) is 0 Å². The maximum atomic E-state index is 9.46. The molecule has 0 aliphatic carbocycles. The lowest BCUT2D eigenvalue weighted by Crippen LogP contribution is -2.10. The van der Waals surface area contributed by atoms with Crippen molar-refractivity contribution in [3.8, 4) is 5.75 Å². The first-order valence-electron chi connectivity index (χ1n) is 4.37. The molecule has 14 heavy (non-hydrogen) atoms. The molecule has 0 atom stereocenters. The van der Waals surface area contributed by atoms with E-state index in [0.29, 0.717) is 6.54 Å². The first kappa shape index (κ1) is 11.2. The van der Waals surface area contributed by atoms with E-state index in [0.717, 1.165) is 16.6 Å². The van der Waals surface area contributed by atoms with Crippen LogP contribution in [0.4, 0.5) is 0 Å². The van der Waals surface area contributed by atoms with Gasteiger partial charge in [0.05, 0.1) is 6.54 Å². The van der Waals surface area contributed by atoms with Crippen molar-refractivity contribution >= 4 is 22.1 Å². The van der Waals surface area contributed by atoms with Gasteiger partial charge in [0.2, 0.25) is 0 Å². The third kappa shape index (κ3) is 3.47. The molecule has 0 aliphatic heterocycles. The van der Waals surface area contributed by atoms with Gasteiger partial charge in [-0.1, -0.05) is 15.9 Å². The Morgan fingerprint density at radius 1 is 1.57 bits per heavy atom. The molecule has 0 aliphatic rings. The van der Waals surface area contributed by atoms with Crippen molar-refractivity contribution in [1.82, 2.24) is 5.32 Å². The number of hydrogen-bond donors (Lipinski definition) is 2. The van der Waals surface area contributed by atoms with Crippen LogP contribution in [-0.4, -0.2) is 31.5 Å². The lowest BCUT2D eigenvalue weighted by atomic mass is 10.2. The standard InChI is InChI=1S/C10H13BrN2O/c1-12-4-5-13-7-8-6-9(11)2-3-10(8)14/h2-3,6-7,12,14H,4-5H2,1H3. The normalized spacial score (nSPS) is 11.0. The predicted octanol–water partition coefficient (Wildman–Crippen LogP) is 1.79. The van der Waals surface area contributed by atoms with Gasteiger partial charge in [0.1, 0.15) is 5.75 Å². The number of hydrogen-bond acceptors (Lipinski definition) is 3. The zero-order valence-electron chi connectivity index (χ0n) is 8.00. The van der Waals surface area contributed by atoms with E-state index < -0.39 is 0 Å². The molecule has 1 aromatic rings. The van der Waals surface area contributed by atoms with Crippen LogP contribution in [0.15, 0.2) is 27.7 Å². The van der Waals surface area contributed by atoms with Gasteiger partial charge in [0.15, 0.2) is 0 Å². The van der Waals surface area contributed by atoms with Crippen LogP contribution >= 0.6 is 15.9 Å². The summed E-state index contributed by atoms with van der Waals surface area (Å²) in [6.45, 7) is 1.55. The van der Waals surface area contributed by atoms with Gasteiger partial charge >= 0.3 is 0 Å². The molecular weight excluding hydrogens is 244 g/mol. The Hall–Kier alpha value is -0.870. The number of nitrogens with zero attached hydrogens (tertiary/aromatic N) is 1. The molecule has 0 heterocycles. The number of likely N-dealkylation sites (N-methyl/N-ethyl adjacent to an activating group) is 1. The van der Waals surface area contributed by atoms with Crippen LogP contribution in [0.1, 0.15) is 5.56 Å². The molecule has 0 fully saturated rings. The summed E-state index contributed by atoms with van der Waals surface area (Å²) in [5, 5.41) is 12.5. The summed E-state index contributed by atoms with van der Waals surface area (Å²) in [6, 6.07) is 5.27. The summed E-state index contributed by atoms with van der Waals surface area (Å²) in [5.74, 6) is 0.251. The molecule has 0 saturated carbocycles. The van der Waals surface area contributed by atoms with Gasteiger partial charge in [-0.2, -0.15) is 0 Å². The highest BCUT2D eigenvalue weighted by atomic mass is 79.9. The van der Waals surface area contributed by atoms with E-state index in [1.54, 1.807) is 18.3 Å². The zero-order chi connectivity index (χ0) is 10.4. The summed E-state index contributed by atoms with van der Waals surface area (Å²) in [6.07, 6.45) is 1.68. The molecule has 0 bridgehead atoms. The molecule has 2 N–H and O–H groups in total. The Kier molecular flexibility index (Phi) is 4.62. The predicted molar refractivity (Wildman–Crippen MR) is 62.2 cm³/mol. The van der Waals surface area contributed by atoms with Crippen molar-refractivity contribution in [2.45, 2.75) is 0 Å². The Balaban J connectivity index is 2.65. The van der Waals surface area contributed by atoms with Gasteiger partial charge < -0.3 is 10.4 Å². The first-order valence-corrected chi connectivity index (χ1v) is 5.16. The van der Waals surface area contributed by atoms with Crippen molar-refractivity contribution in [3.63, 3.8) is 0 Å². The Morgan fingerprint density at radius 3 is 3.07 bits per heavy atom. The second-order valence-electron chi connectivity index (χ2n) is 2.84. The number of rotatable bonds is 4. The van der Waals surface area contributed by atoms with Gasteiger partial charge in [-0.15, -0.1) is 0 Å². The highest BCUT2D eigenvalue weighted by molar-refractivity contribution is 9.10. The van der Waals surface area contributed by atoms with E-state index in [-0.39, 0.29) is 5.75 Å². The van der Waals surface area contributed by atoms with E-state index in [1.165, 1.54) is 0 Å². The number of aliphatic imine (C=N–C) groups is 1. The average molecular weight is 257 g/mol. The fourth-order valence-corrected chi connectivity index (χ4v) is 1.35. The quantitative estimate of drug-likeness (QED) is 0.638. The second-order valence-corrected chi connectivity index (χ2v) is 3.76. The van der Waals surface area contributed by atoms with Crippen LogP contribution < -0.4 is 5.32 Å². The smallest absolute Gasteiger partial charge is 0.124 e. The number of aromatic hydroxyl groups is 1. The molecule has 3 nitrogen and oxygen atoms in total. The Morgan fingerprint density at radius 2 is 2.36 bits per heavy atom. The SMILES string of the molecule is CNCCN=Cc1cc(Br)ccc1O. The minimum absolute atomic E-state index is 0.251. The molecule has 0 saturated heterocycles. The van der Waals surface area contributed by atoms with Crippen molar-refractivity contribution in [3.05, 3.63) is 28.2 Å². The largest absolute Gasteiger partial charge is 0.507 e. The minimum atomic E-state index is 0.251. The topological polar surface area (TPSA) is 44.6 Å².